The summed E-state index contributed by atoms with van der Waals surface area (Å²) in [5.41, 5.74) is 0. The van der Waals surface area contributed by atoms with Gasteiger partial charge in [0.1, 0.15) is 6.29 Å². The van der Waals surface area contributed by atoms with Crippen molar-refractivity contribution in [3.63, 3.8) is 0 Å². The Labute approximate surface area is 66.0 Å². The summed E-state index contributed by atoms with van der Waals surface area (Å²) < 4.78 is 22.2. The van der Waals surface area contributed by atoms with Crippen molar-refractivity contribution in [1.29, 1.82) is 0 Å². The van der Waals surface area contributed by atoms with Crippen molar-refractivity contribution in [2.24, 2.45) is 0 Å². The van der Waals surface area contributed by atoms with E-state index in [1.54, 1.807) is 0 Å². The predicted molar refractivity (Wildman–Crippen MR) is 42.0 cm³/mol. The van der Waals surface area contributed by atoms with E-state index in [1.165, 1.54) is 12.2 Å². The van der Waals surface area contributed by atoms with E-state index in [9.17, 15) is 13.2 Å². The highest BCUT2D eigenvalue weighted by Crippen LogP contribution is 2.20. The smallest absolute Gasteiger partial charge is 0.156 e. The fraction of sp³-hybridized carbons (Fsp3) is 0.571. The fourth-order valence-electron chi connectivity index (χ4n) is 1.20. The normalized spacial score (nSPS) is 29.3. The van der Waals surface area contributed by atoms with Gasteiger partial charge in [-0.1, -0.05) is 6.08 Å². The number of hydrogen-bond donors (Lipinski definition) is 0. The van der Waals surface area contributed by atoms with Crippen LogP contribution in [-0.2, 0) is 14.6 Å². The Morgan fingerprint density at radius 2 is 2.09 bits per heavy atom. The van der Waals surface area contributed by atoms with Crippen molar-refractivity contribution in [3.05, 3.63) is 12.2 Å². The third kappa shape index (κ3) is 1.89. The van der Waals surface area contributed by atoms with Gasteiger partial charge in [-0.15, -0.1) is 0 Å². The lowest BCUT2D eigenvalue weighted by molar-refractivity contribution is -0.104. The van der Waals surface area contributed by atoms with E-state index in [0.717, 1.165) is 6.42 Å². The van der Waals surface area contributed by atoms with Gasteiger partial charge in [0.15, 0.2) is 9.84 Å². The van der Waals surface area contributed by atoms with Crippen LogP contribution >= 0.6 is 0 Å². The van der Waals surface area contributed by atoms with Crippen LogP contribution in [0, 0.1) is 0 Å². The molecule has 0 N–H and O–H groups in total. The minimum atomic E-state index is -2.91. The first kappa shape index (κ1) is 8.46. The first-order chi connectivity index (χ1) is 5.17. The van der Waals surface area contributed by atoms with Gasteiger partial charge >= 0.3 is 0 Å². The molecule has 1 aliphatic rings. The summed E-state index contributed by atoms with van der Waals surface area (Å²) in [5.74, 6) is 0.265. The van der Waals surface area contributed by atoms with Gasteiger partial charge in [-0.2, -0.15) is 0 Å². The van der Waals surface area contributed by atoms with Crippen molar-refractivity contribution >= 4 is 16.1 Å². The second-order valence-electron chi connectivity index (χ2n) is 2.57. The lowest BCUT2D eigenvalue weighted by Gasteiger charge is -1.99. The Balaban J connectivity index is 2.73. The zero-order valence-electron chi connectivity index (χ0n) is 6.06. The van der Waals surface area contributed by atoms with E-state index < -0.39 is 15.1 Å². The molecule has 0 aromatic carbocycles. The van der Waals surface area contributed by atoms with Crippen LogP contribution in [0.15, 0.2) is 12.2 Å². The molecule has 1 saturated heterocycles. The van der Waals surface area contributed by atoms with E-state index in [-0.39, 0.29) is 5.75 Å². The minimum Gasteiger partial charge on any atom is -0.299 e. The molecule has 0 aromatic heterocycles. The zero-order valence-corrected chi connectivity index (χ0v) is 6.88. The molecule has 11 heavy (non-hydrogen) atoms. The molecule has 0 spiro atoms. The molecular formula is C7H10O3S. The van der Waals surface area contributed by atoms with Crippen molar-refractivity contribution < 1.29 is 13.2 Å². The highest BCUT2D eigenvalue weighted by Gasteiger charge is 2.28. The van der Waals surface area contributed by atoms with E-state index in [4.69, 9.17) is 0 Å². The number of carbonyl (C=O) groups is 1. The molecular weight excluding hydrogens is 164 g/mol. The Morgan fingerprint density at radius 3 is 2.55 bits per heavy atom. The fourth-order valence-corrected chi connectivity index (χ4v) is 2.93. The molecule has 1 rings (SSSR count). The van der Waals surface area contributed by atoms with Crippen LogP contribution in [0.3, 0.4) is 0 Å². The Bertz CT molecular complexity index is 263. The van der Waals surface area contributed by atoms with Crippen LogP contribution in [0.1, 0.15) is 12.8 Å². The van der Waals surface area contributed by atoms with Crippen molar-refractivity contribution in [3.8, 4) is 0 Å². The molecule has 3 nitrogen and oxygen atoms in total. The van der Waals surface area contributed by atoms with Gasteiger partial charge in [0, 0.05) is 0 Å². The highest BCUT2D eigenvalue weighted by atomic mass is 32.2. The average molecular weight is 174 g/mol. The lowest BCUT2D eigenvalue weighted by Crippen LogP contribution is -2.12. The van der Waals surface area contributed by atoms with Crippen LogP contribution in [0.4, 0.5) is 0 Å². The number of rotatable bonds is 2. The molecule has 1 unspecified atom stereocenters. The molecule has 0 aromatic rings. The number of aldehydes is 1. The van der Waals surface area contributed by atoms with Crippen LogP contribution in [-0.4, -0.2) is 25.7 Å². The Morgan fingerprint density at radius 1 is 1.36 bits per heavy atom. The summed E-state index contributed by atoms with van der Waals surface area (Å²) in [6.07, 6.45) is 4.71. The second kappa shape index (κ2) is 3.17. The van der Waals surface area contributed by atoms with Crippen LogP contribution in [0.2, 0.25) is 0 Å². The van der Waals surface area contributed by atoms with Gasteiger partial charge < -0.3 is 0 Å². The predicted octanol–water partition coefficient (Wildman–Crippen LogP) is 0.319. The van der Waals surface area contributed by atoms with Crippen molar-refractivity contribution in [2.75, 3.05) is 5.75 Å². The van der Waals surface area contributed by atoms with Gasteiger partial charge in [0.2, 0.25) is 0 Å². The lowest BCUT2D eigenvalue weighted by atomic mass is 10.2. The zero-order chi connectivity index (χ0) is 8.32. The topological polar surface area (TPSA) is 51.2 Å². The van der Waals surface area contributed by atoms with Crippen LogP contribution in [0.5, 0.6) is 0 Å². The first-order valence-electron chi connectivity index (χ1n) is 3.50. The van der Waals surface area contributed by atoms with Crippen LogP contribution in [0.25, 0.3) is 0 Å². The quantitative estimate of drug-likeness (QED) is 0.447. The summed E-state index contributed by atoms with van der Waals surface area (Å²) in [4.78, 5) is 9.89. The van der Waals surface area contributed by atoms with Gasteiger partial charge in [-0.25, -0.2) is 8.42 Å². The maximum absolute atomic E-state index is 11.1. The van der Waals surface area contributed by atoms with Crippen molar-refractivity contribution in [1.82, 2.24) is 0 Å². The van der Waals surface area contributed by atoms with Gasteiger partial charge in [0.05, 0.1) is 11.0 Å². The van der Waals surface area contributed by atoms with E-state index in [2.05, 4.69) is 0 Å². The van der Waals surface area contributed by atoms with E-state index >= 15 is 0 Å². The average Bonchev–Trinajstić information content (AvgIpc) is 2.25. The SMILES string of the molecule is O=C/C=C\C1CCCS1(=O)=O. The molecule has 62 valence electrons. The number of hydrogen-bond acceptors (Lipinski definition) is 3. The minimum absolute atomic E-state index is 0.265. The summed E-state index contributed by atoms with van der Waals surface area (Å²) >= 11 is 0. The molecule has 0 saturated carbocycles. The number of allylic oxidation sites excluding steroid dienone is 1. The summed E-state index contributed by atoms with van der Waals surface area (Å²) in [7, 11) is -2.91. The summed E-state index contributed by atoms with van der Waals surface area (Å²) in [6, 6.07) is 0. The molecule has 4 heteroatoms. The molecule has 1 fully saturated rings. The number of sulfone groups is 1. The molecule has 1 aliphatic heterocycles. The molecule has 1 atom stereocenters. The second-order valence-corrected chi connectivity index (χ2v) is 4.91. The largest absolute Gasteiger partial charge is 0.299 e. The molecule has 0 aliphatic carbocycles. The van der Waals surface area contributed by atoms with Crippen molar-refractivity contribution in [2.45, 2.75) is 18.1 Å². The van der Waals surface area contributed by atoms with Gasteiger partial charge in [0.25, 0.3) is 0 Å². The third-order valence-electron chi connectivity index (χ3n) is 1.78. The third-order valence-corrected chi connectivity index (χ3v) is 3.96. The standard InChI is InChI=1S/C7H10O3S/c8-5-1-3-7-4-2-6-11(7,9)10/h1,3,5,7H,2,4,6H2/b3-1-. The first-order valence-corrected chi connectivity index (χ1v) is 5.22. The highest BCUT2D eigenvalue weighted by molar-refractivity contribution is 7.92. The molecule has 0 amide bonds. The Hall–Kier alpha value is -0.640. The van der Waals surface area contributed by atoms with Gasteiger partial charge in [-0.3, -0.25) is 4.79 Å². The number of carbonyl (C=O) groups excluding carboxylic acids is 1. The maximum Gasteiger partial charge on any atom is 0.156 e. The van der Waals surface area contributed by atoms with Gasteiger partial charge in [-0.05, 0) is 18.9 Å². The van der Waals surface area contributed by atoms with E-state index in [1.807, 2.05) is 0 Å². The summed E-state index contributed by atoms with van der Waals surface area (Å²) in [6.45, 7) is 0. The maximum atomic E-state index is 11.1. The molecule has 1 heterocycles. The summed E-state index contributed by atoms with van der Waals surface area (Å²) in [5, 5.41) is -0.410. The van der Waals surface area contributed by atoms with E-state index in [0.29, 0.717) is 12.7 Å². The molecule has 0 bridgehead atoms. The monoisotopic (exact) mass is 174 g/mol. The Kier molecular flexibility index (Phi) is 2.44. The molecule has 0 radical (unpaired) electrons. The van der Waals surface area contributed by atoms with Crippen LogP contribution < -0.4 is 0 Å².